The highest BCUT2D eigenvalue weighted by Crippen LogP contribution is 2.06. The molecule has 1 unspecified atom stereocenters. The van der Waals surface area contributed by atoms with Crippen molar-refractivity contribution < 1.29 is 9.47 Å². The molecule has 0 aromatic rings. The predicted octanol–water partition coefficient (Wildman–Crippen LogP) is 3.23. The molecule has 0 fully saturated rings. The van der Waals surface area contributed by atoms with Crippen LogP contribution in [-0.4, -0.2) is 38.0 Å². The van der Waals surface area contributed by atoms with Crippen molar-refractivity contribution in [2.75, 3.05) is 26.4 Å². The summed E-state index contributed by atoms with van der Waals surface area (Å²) >= 11 is 0. The van der Waals surface area contributed by atoms with Gasteiger partial charge in [-0.05, 0) is 46.5 Å². The fraction of sp³-hybridized carbons (Fsp3) is 1.00. The van der Waals surface area contributed by atoms with Crippen molar-refractivity contribution in [3.8, 4) is 0 Å². The van der Waals surface area contributed by atoms with Crippen LogP contribution < -0.4 is 5.32 Å². The van der Waals surface area contributed by atoms with Gasteiger partial charge in [0.05, 0.1) is 25.4 Å². The van der Waals surface area contributed by atoms with Crippen LogP contribution in [0.4, 0.5) is 0 Å². The zero-order valence-corrected chi connectivity index (χ0v) is 13.2. The van der Waals surface area contributed by atoms with Gasteiger partial charge in [-0.3, -0.25) is 0 Å². The van der Waals surface area contributed by atoms with Crippen molar-refractivity contribution in [3.63, 3.8) is 0 Å². The molecule has 0 aromatic heterocycles. The van der Waals surface area contributed by atoms with Crippen molar-refractivity contribution in [3.05, 3.63) is 0 Å². The Hall–Kier alpha value is -0.120. The lowest BCUT2D eigenvalue weighted by Crippen LogP contribution is -2.30. The van der Waals surface area contributed by atoms with Crippen LogP contribution in [0.1, 0.15) is 54.4 Å². The largest absolute Gasteiger partial charge is 0.378 e. The Morgan fingerprint density at radius 2 is 1.61 bits per heavy atom. The van der Waals surface area contributed by atoms with Crippen molar-refractivity contribution in [2.24, 2.45) is 5.92 Å². The summed E-state index contributed by atoms with van der Waals surface area (Å²) < 4.78 is 11.1. The van der Waals surface area contributed by atoms with Gasteiger partial charge in [0.15, 0.2) is 0 Å². The van der Waals surface area contributed by atoms with E-state index < -0.39 is 0 Å². The zero-order valence-electron chi connectivity index (χ0n) is 13.2. The number of hydrogen-bond donors (Lipinski definition) is 1. The van der Waals surface area contributed by atoms with E-state index in [9.17, 15) is 0 Å². The minimum atomic E-state index is -0.0625. The molecule has 0 spiro atoms. The lowest BCUT2D eigenvalue weighted by atomic mass is 10.0. The normalized spacial score (nSPS) is 14.2. The van der Waals surface area contributed by atoms with Crippen LogP contribution in [0.2, 0.25) is 0 Å². The number of nitrogens with one attached hydrogen (secondary N) is 1. The van der Waals surface area contributed by atoms with E-state index in [0.29, 0.717) is 19.3 Å². The average molecular weight is 259 g/mol. The van der Waals surface area contributed by atoms with E-state index in [2.05, 4.69) is 46.9 Å². The van der Waals surface area contributed by atoms with Crippen LogP contribution in [-0.2, 0) is 9.47 Å². The van der Waals surface area contributed by atoms with E-state index in [4.69, 9.17) is 9.47 Å². The molecule has 110 valence electrons. The summed E-state index contributed by atoms with van der Waals surface area (Å²) in [4.78, 5) is 0. The first-order chi connectivity index (χ1) is 8.31. The number of ether oxygens (including phenoxy) is 2. The van der Waals surface area contributed by atoms with Crippen molar-refractivity contribution in [2.45, 2.75) is 66.0 Å². The molecule has 0 rings (SSSR count). The van der Waals surface area contributed by atoms with E-state index in [1.165, 1.54) is 12.8 Å². The highest BCUT2D eigenvalue weighted by Gasteiger charge is 2.08. The van der Waals surface area contributed by atoms with Gasteiger partial charge in [-0.1, -0.05) is 13.8 Å². The van der Waals surface area contributed by atoms with Crippen LogP contribution in [0.3, 0.4) is 0 Å². The van der Waals surface area contributed by atoms with Crippen molar-refractivity contribution >= 4 is 0 Å². The molecular formula is C15H33NO2. The van der Waals surface area contributed by atoms with Crippen LogP contribution in [0.5, 0.6) is 0 Å². The van der Waals surface area contributed by atoms with E-state index in [0.717, 1.165) is 19.1 Å². The lowest BCUT2D eigenvalue weighted by Gasteiger charge is -2.19. The monoisotopic (exact) mass is 259 g/mol. The first-order valence-electron chi connectivity index (χ1n) is 7.26. The Morgan fingerprint density at radius 1 is 0.944 bits per heavy atom. The standard InChI is InChI=1S/C15H33NO2/c1-13(2)7-8-14(3)16-9-10-17-11-12-18-15(4,5)6/h13-14,16H,7-12H2,1-6H3. The molecule has 0 saturated heterocycles. The van der Waals surface area contributed by atoms with Crippen LogP contribution in [0, 0.1) is 5.92 Å². The maximum absolute atomic E-state index is 5.58. The molecule has 3 heteroatoms. The van der Waals surface area contributed by atoms with Gasteiger partial charge < -0.3 is 14.8 Å². The summed E-state index contributed by atoms with van der Waals surface area (Å²) in [6.45, 7) is 16.0. The summed E-state index contributed by atoms with van der Waals surface area (Å²) in [5, 5.41) is 3.48. The molecule has 0 aromatic carbocycles. The molecule has 0 aliphatic carbocycles. The summed E-state index contributed by atoms with van der Waals surface area (Å²) in [5.41, 5.74) is -0.0625. The smallest absolute Gasteiger partial charge is 0.0707 e. The maximum Gasteiger partial charge on any atom is 0.0707 e. The quantitative estimate of drug-likeness (QED) is 0.611. The molecule has 0 heterocycles. The molecule has 0 amide bonds. The average Bonchev–Trinajstić information content (AvgIpc) is 2.23. The number of hydrogen-bond acceptors (Lipinski definition) is 3. The second kappa shape index (κ2) is 9.76. The third kappa shape index (κ3) is 13.9. The summed E-state index contributed by atoms with van der Waals surface area (Å²) in [6.07, 6.45) is 2.53. The van der Waals surface area contributed by atoms with Crippen LogP contribution in [0.15, 0.2) is 0 Å². The molecule has 0 radical (unpaired) electrons. The summed E-state index contributed by atoms with van der Waals surface area (Å²) in [5.74, 6) is 0.792. The predicted molar refractivity (Wildman–Crippen MR) is 78.1 cm³/mol. The Labute approximate surface area is 114 Å². The topological polar surface area (TPSA) is 30.5 Å². The highest BCUT2D eigenvalue weighted by molar-refractivity contribution is 4.61. The Balaban J connectivity index is 3.25. The van der Waals surface area contributed by atoms with Gasteiger partial charge >= 0.3 is 0 Å². The van der Waals surface area contributed by atoms with Crippen molar-refractivity contribution in [1.82, 2.24) is 5.32 Å². The van der Waals surface area contributed by atoms with E-state index in [1.807, 2.05) is 0 Å². The molecule has 18 heavy (non-hydrogen) atoms. The van der Waals surface area contributed by atoms with Gasteiger partial charge in [-0.25, -0.2) is 0 Å². The van der Waals surface area contributed by atoms with Crippen LogP contribution >= 0.6 is 0 Å². The SMILES string of the molecule is CC(C)CCC(C)NCCOCCOC(C)(C)C. The highest BCUT2D eigenvalue weighted by atomic mass is 16.5. The summed E-state index contributed by atoms with van der Waals surface area (Å²) in [7, 11) is 0. The first-order valence-corrected chi connectivity index (χ1v) is 7.26. The van der Waals surface area contributed by atoms with Gasteiger partial charge in [-0.2, -0.15) is 0 Å². The van der Waals surface area contributed by atoms with E-state index in [1.54, 1.807) is 0 Å². The molecule has 1 N–H and O–H groups in total. The Bertz CT molecular complexity index is 187. The lowest BCUT2D eigenvalue weighted by molar-refractivity contribution is -0.0344. The molecular weight excluding hydrogens is 226 g/mol. The molecule has 0 aliphatic heterocycles. The van der Waals surface area contributed by atoms with E-state index >= 15 is 0 Å². The molecule has 0 aliphatic rings. The number of rotatable bonds is 10. The molecule has 3 nitrogen and oxygen atoms in total. The molecule has 0 saturated carbocycles. The van der Waals surface area contributed by atoms with Gasteiger partial charge in [0.25, 0.3) is 0 Å². The second-order valence-corrected chi connectivity index (χ2v) is 6.40. The maximum atomic E-state index is 5.58. The van der Waals surface area contributed by atoms with Gasteiger partial charge in [0, 0.05) is 12.6 Å². The molecule has 0 bridgehead atoms. The fourth-order valence-corrected chi connectivity index (χ4v) is 1.57. The van der Waals surface area contributed by atoms with Crippen LogP contribution in [0.25, 0.3) is 0 Å². The van der Waals surface area contributed by atoms with Gasteiger partial charge in [0.2, 0.25) is 0 Å². The third-order valence-electron chi connectivity index (χ3n) is 2.68. The Kier molecular flexibility index (Phi) is 9.70. The molecule has 1 atom stereocenters. The summed E-state index contributed by atoms with van der Waals surface area (Å²) in [6, 6.07) is 0.585. The van der Waals surface area contributed by atoms with E-state index in [-0.39, 0.29) is 5.60 Å². The minimum absolute atomic E-state index is 0.0625. The Morgan fingerprint density at radius 3 is 2.17 bits per heavy atom. The fourth-order valence-electron chi connectivity index (χ4n) is 1.57. The van der Waals surface area contributed by atoms with Crippen molar-refractivity contribution in [1.29, 1.82) is 0 Å². The van der Waals surface area contributed by atoms with Gasteiger partial charge in [-0.15, -0.1) is 0 Å². The minimum Gasteiger partial charge on any atom is -0.378 e. The second-order valence-electron chi connectivity index (χ2n) is 6.40. The zero-order chi connectivity index (χ0) is 14.0. The third-order valence-corrected chi connectivity index (χ3v) is 2.68. The first kappa shape index (κ1) is 17.9. The van der Waals surface area contributed by atoms with Gasteiger partial charge in [0.1, 0.15) is 0 Å².